The molecule has 0 aliphatic heterocycles. The monoisotopic (exact) mass is 703 g/mol. The third kappa shape index (κ3) is 33.9. The molecule has 1 N–H and O–H groups in total. The van der Waals surface area contributed by atoms with Crippen molar-refractivity contribution in [2.24, 2.45) is 0 Å². The molecular formula is C35H61NO13. The van der Waals surface area contributed by atoms with Crippen LogP contribution in [0.3, 0.4) is 0 Å². The van der Waals surface area contributed by atoms with E-state index in [1.165, 1.54) is 0 Å². The first kappa shape index (κ1) is 44.6. The fourth-order valence-corrected chi connectivity index (χ4v) is 3.84. The minimum Gasteiger partial charge on any atom is -0.463 e. The van der Waals surface area contributed by atoms with Gasteiger partial charge >= 0.3 is 12.1 Å². The Bertz CT molecular complexity index is 850. The Morgan fingerprint density at radius 1 is 0.490 bits per heavy atom. The zero-order valence-electron chi connectivity index (χ0n) is 29.6. The third-order valence-corrected chi connectivity index (χ3v) is 6.43. The molecule has 0 heterocycles. The van der Waals surface area contributed by atoms with Crippen LogP contribution in [-0.2, 0) is 63.5 Å². The van der Waals surface area contributed by atoms with Crippen LogP contribution in [0.25, 0.3) is 0 Å². The van der Waals surface area contributed by atoms with Gasteiger partial charge in [0.15, 0.2) is 0 Å². The van der Waals surface area contributed by atoms with Crippen molar-refractivity contribution >= 4 is 12.1 Å². The van der Waals surface area contributed by atoms with Gasteiger partial charge in [-0.1, -0.05) is 56.5 Å². The van der Waals surface area contributed by atoms with Crippen LogP contribution in [0.2, 0.25) is 0 Å². The molecule has 0 spiro atoms. The van der Waals surface area contributed by atoms with E-state index < -0.39 is 6.09 Å². The average Bonchev–Trinajstić information content (AvgIpc) is 3.12. The first-order chi connectivity index (χ1) is 24.2. The number of rotatable bonds is 37. The number of nitrogens with one attached hydrogen (secondary N) is 1. The van der Waals surface area contributed by atoms with Gasteiger partial charge in [-0.3, -0.25) is 4.79 Å². The fourth-order valence-electron chi connectivity index (χ4n) is 3.84. The van der Waals surface area contributed by atoms with Gasteiger partial charge in [0.2, 0.25) is 0 Å². The van der Waals surface area contributed by atoms with Crippen molar-refractivity contribution in [2.45, 2.75) is 45.6 Å². The molecule has 0 saturated heterocycles. The summed E-state index contributed by atoms with van der Waals surface area (Å²) >= 11 is 0. The van der Waals surface area contributed by atoms with Gasteiger partial charge in [0, 0.05) is 13.0 Å². The predicted octanol–water partition coefficient (Wildman–Crippen LogP) is 3.58. The second kappa shape index (κ2) is 36.9. The number of unbranched alkanes of at least 4 members (excludes halogenated alkanes) is 3. The van der Waals surface area contributed by atoms with E-state index in [-0.39, 0.29) is 19.2 Å². The Labute approximate surface area is 292 Å². The van der Waals surface area contributed by atoms with Crippen molar-refractivity contribution < 1.29 is 61.7 Å². The van der Waals surface area contributed by atoms with Crippen molar-refractivity contribution in [3.63, 3.8) is 0 Å². The Kier molecular flexibility index (Phi) is 33.6. The summed E-state index contributed by atoms with van der Waals surface area (Å²) in [5.74, 6) is -0.156. The van der Waals surface area contributed by atoms with Crippen molar-refractivity contribution in [3.05, 3.63) is 35.9 Å². The molecule has 0 unspecified atom stereocenters. The molecule has 0 fully saturated rings. The molecule has 0 aliphatic rings. The number of hydrogen-bond donors (Lipinski definition) is 1. The molecule has 284 valence electrons. The Morgan fingerprint density at radius 3 is 1.33 bits per heavy atom. The molecule has 49 heavy (non-hydrogen) atoms. The van der Waals surface area contributed by atoms with E-state index in [1.807, 2.05) is 30.3 Å². The summed E-state index contributed by atoms with van der Waals surface area (Å²) in [6, 6.07) is 9.50. The maximum absolute atomic E-state index is 11.6. The van der Waals surface area contributed by atoms with Gasteiger partial charge in [0.05, 0.1) is 119 Å². The molecule has 14 heteroatoms. The number of carbonyl (C=O) groups is 2. The van der Waals surface area contributed by atoms with Gasteiger partial charge in [-0.05, 0) is 12.0 Å². The van der Waals surface area contributed by atoms with E-state index in [1.54, 1.807) is 0 Å². The number of carbonyl (C=O) groups excluding carboxylic acids is 2. The van der Waals surface area contributed by atoms with Crippen LogP contribution in [0, 0.1) is 0 Å². The van der Waals surface area contributed by atoms with Crippen LogP contribution in [0.15, 0.2) is 30.3 Å². The normalized spacial score (nSPS) is 11.1. The van der Waals surface area contributed by atoms with Crippen LogP contribution in [0.5, 0.6) is 0 Å². The molecule has 14 nitrogen and oxygen atoms in total. The maximum atomic E-state index is 11.6. The van der Waals surface area contributed by atoms with Gasteiger partial charge in [-0.15, -0.1) is 0 Å². The van der Waals surface area contributed by atoms with Gasteiger partial charge in [-0.25, -0.2) is 4.79 Å². The molecule has 0 bridgehead atoms. The lowest BCUT2D eigenvalue weighted by Gasteiger charge is -2.09. The van der Waals surface area contributed by atoms with Gasteiger partial charge in [0.1, 0.15) is 13.2 Å². The SMILES string of the molecule is CCCCCCC(=O)OCCOCCOCCOCCOCCOCCOCCOCCOCCOCCNC(=O)OCc1ccccc1. The lowest BCUT2D eigenvalue weighted by molar-refractivity contribution is -0.145. The van der Waals surface area contributed by atoms with Gasteiger partial charge in [0.25, 0.3) is 0 Å². The third-order valence-electron chi connectivity index (χ3n) is 6.43. The molecule has 1 aromatic rings. The minimum absolute atomic E-state index is 0.156. The number of benzene rings is 1. The number of alkyl carbamates (subject to hydrolysis) is 1. The summed E-state index contributed by atoms with van der Waals surface area (Å²) in [4.78, 5) is 23.2. The molecule has 0 saturated carbocycles. The highest BCUT2D eigenvalue weighted by Crippen LogP contribution is 2.03. The first-order valence-corrected chi connectivity index (χ1v) is 17.5. The molecule has 0 aromatic heterocycles. The summed E-state index contributed by atoms with van der Waals surface area (Å²) < 4.78 is 59.3. The second-order valence-corrected chi connectivity index (χ2v) is 10.5. The number of esters is 1. The largest absolute Gasteiger partial charge is 0.463 e. The van der Waals surface area contributed by atoms with Gasteiger partial charge < -0.3 is 57.4 Å². The summed E-state index contributed by atoms with van der Waals surface area (Å²) in [6.07, 6.45) is 4.27. The summed E-state index contributed by atoms with van der Waals surface area (Å²) in [6.45, 7) is 11.3. The Balaban J connectivity index is 1.65. The van der Waals surface area contributed by atoms with E-state index in [0.29, 0.717) is 132 Å². The van der Waals surface area contributed by atoms with E-state index in [2.05, 4.69) is 12.2 Å². The zero-order valence-corrected chi connectivity index (χ0v) is 29.6. The van der Waals surface area contributed by atoms with Crippen LogP contribution in [-0.4, -0.2) is 144 Å². The molecule has 0 radical (unpaired) electrons. The zero-order chi connectivity index (χ0) is 35.1. The quantitative estimate of drug-likeness (QED) is 0.0796. The van der Waals surface area contributed by atoms with Crippen molar-refractivity contribution in [3.8, 4) is 0 Å². The fraction of sp³-hybridized carbons (Fsp3) is 0.771. The molecule has 0 atom stereocenters. The number of ether oxygens (including phenoxy) is 11. The highest BCUT2D eigenvalue weighted by Gasteiger charge is 2.03. The van der Waals surface area contributed by atoms with E-state index in [4.69, 9.17) is 52.1 Å². The van der Waals surface area contributed by atoms with Crippen LogP contribution in [0.4, 0.5) is 4.79 Å². The van der Waals surface area contributed by atoms with E-state index in [0.717, 1.165) is 31.2 Å². The molecule has 1 aromatic carbocycles. The van der Waals surface area contributed by atoms with Crippen molar-refractivity contribution in [1.82, 2.24) is 5.32 Å². The standard InChI is InChI=1S/C35H61NO13/c1-2-3-4-8-11-34(37)48-31-30-47-29-28-46-27-26-45-25-24-44-23-22-43-21-20-42-19-18-41-17-16-40-15-14-39-13-12-36-35(38)49-32-33-9-6-5-7-10-33/h5-7,9-10H,2-4,8,11-32H2,1H3,(H,36,38). The van der Waals surface area contributed by atoms with Crippen LogP contribution < -0.4 is 5.32 Å². The van der Waals surface area contributed by atoms with Gasteiger partial charge in [-0.2, -0.15) is 0 Å². The lowest BCUT2D eigenvalue weighted by atomic mass is 10.2. The Hall–Kier alpha value is -2.40. The van der Waals surface area contributed by atoms with Crippen molar-refractivity contribution in [1.29, 1.82) is 0 Å². The maximum Gasteiger partial charge on any atom is 0.407 e. The number of amides is 1. The summed E-state index contributed by atoms with van der Waals surface area (Å²) in [5.41, 5.74) is 0.936. The molecule has 0 aliphatic carbocycles. The van der Waals surface area contributed by atoms with E-state index in [9.17, 15) is 9.59 Å². The van der Waals surface area contributed by atoms with Crippen molar-refractivity contribution in [2.75, 3.05) is 132 Å². The predicted molar refractivity (Wildman–Crippen MR) is 182 cm³/mol. The van der Waals surface area contributed by atoms with E-state index >= 15 is 0 Å². The Morgan fingerprint density at radius 2 is 0.898 bits per heavy atom. The first-order valence-electron chi connectivity index (χ1n) is 17.5. The molecule has 1 amide bonds. The topological polar surface area (TPSA) is 148 Å². The smallest absolute Gasteiger partial charge is 0.407 e. The number of hydrogen-bond acceptors (Lipinski definition) is 13. The molecular weight excluding hydrogens is 642 g/mol. The highest BCUT2D eigenvalue weighted by molar-refractivity contribution is 5.69. The highest BCUT2D eigenvalue weighted by atomic mass is 16.6. The molecule has 1 rings (SSSR count). The van der Waals surface area contributed by atoms with Crippen LogP contribution in [0.1, 0.15) is 44.6 Å². The summed E-state index contributed by atoms with van der Waals surface area (Å²) in [5, 5.41) is 2.64. The lowest BCUT2D eigenvalue weighted by Crippen LogP contribution is -2.28. The second-order valence-electron chi connectivity index (χ2n) is 10.5. The average molecular weight is 704 g/mol. The minimum atomic E-state index is -0.471. The summed E-state index contributed by atoms with van der Waals surface area (Å²) in [7, 11) is 0. The van der Waals surface area contributed by atoms with Crippen LogP contribution >= 0.6 is 0 Å².